The molecular weight excluding hydrogens is 262 g/mol. The van der Waals surface area contributed by atoms with Crippen molar-refractivity contribution in [1.29, 1.82) is 0 Å². The Labute approximate surface area is 118 Å². The minimum absolute atomic E-state index is 0.0512. The van der Waals surface area contributed by atoms with Crippen molar-refractivity contribution in [1.82, 2.24) is 15.5 Å². The van der Waals surface area contributed by atoms with Crippen molar-refractivity contribution in [3.8, 4) is 0 Å². The molecule has 3 amide bonds. The van der Waals surface area contributed by atoms with Crippen molar-refractivity contribution in [2.75, 3.05) is 26.2 Å². The molecule has 0 spiro atoms. The van der Waals surface area contributed by atoms with Gasteiger partial charge in [0, 0.05) is 19.6 Å². The van der Waals surface area contributed by atoms with Crippen molar-refractivity contribution in [2.24, 2.45) is 11.8 Å². The van der Waals surface area contributed by atoms with Crippen LogP contribution in [0.5, 0.6) is 0 Å². The molecular formula is C13H23N3O4. The summed E-state index contributed by atoms with van der Waals surface area (Å²) in [6.07, 6.45) is 0.921. The van der Waals surface area contributed by atoms with Gasteiger partial charge >= 0.3 is 12.0 Å². The van der Waals surface area contributed by atoms with Crippen LogP contribution in [0.25, 0.3) is 0 Å². The summed E-state index contributed by atoms with van der Waals surface area (Å²) in [7, 11) is 0. The number of rotatable bonds is 5. The van der Waals surface area contributed by atoms with Crippen LogP contribution in [0.15, 0.2) is 0 Å². The third-order valence-corrected chi connectivity index (χ3v) is 3.24. The van der Waals surface area contributed by atoms with Crippen molar-refractivity contribution >= 4 is 17.9 Å². The van der Waals surface area contributed by atoms with Crippen LogP contribution in [0.2, 0.25) is 0 Å². The minimum Gasteiger partial charge on any atom is -0.481 e. The summed E-state index contributed by atoms with van der Waals surface area (Å²) < 4.78 is 0. The average molecular weight is 285 g/mol. The van der Waals surface area contributed by atoms with E-state index >= 15 is 0 Å². The summed E-state index contributed by atoms with van der Waals surface area (Å²) in [6.45, 7) is 5.34. The first-order valence-electron chi connectivity index (χ1n) is 6.92. The maximum Gasteiger partial charge on any atom is 0.317 e. The third-order valence-electron chi connectivity index (χ3n) is 3.24. The second-order valence-electron chi connectivity index (χ2n) is 5.46. The predicted octanol–water partition coefficient (Wildman–Crippen LogP) is 0.265. The number of amides is 3. The lowest BCUT2D eigenvalue weighted by molar-refractivity contribution is -0.143. The van der Waals surface area contributed by atoms with Crippen molar-refractivity contribution < 1.29 is 19.5 Å². The van der Waals surface area contributed by atoms with E-state index in [4.69, 9.17) is 5.11 Å². The summed E-state index contributed by atoms with van der Waals surface area (Å²) in [5.74, 6) is -1.02. The first-order chi connectivity index (χ1) is 9.40. The van der Waals surface area contributed by atoms with E-state index in [2.05, 4.69) is 10.6 Å². The van der Waals surface area contributed by atoms with E-state index in [-0.39, 0.29) is 24.4 Å². The molecule has 0 unspecified atom stereocenters. The molecule has 0 atom stereocenters. The normalized spacial score (nSPS) is 16.1. The molecule has 0 bridgehead atoms. The standard InChI is InChI=1S/C13H23N3O4/c1-9(2)7-14-11(17)8-15-13(20)16-5-3-10(4-6-16)12(18)19/h9-10H,3-8H2,1-2H3,(H,14,17)(H,15,20)(H,18,19). The van der Waals surface area contributed by atoms with Gasteiger partial charge in [-0.1, -0.05) is 13.8 Å². The van der Waals surface area contributed by atoms with Gasteiger partial charge in [0.2, 0.25) is 5.91 Å². The van der Waals surface area contributed by atoms with Gasteiger partial charge in [-0.25, -0.2) is 4.79 Å². The lowest BCUT2D eigenvalue weighted by Gasteiger charge is -2.30. The number of nitrogens with one attached hydrogen (secondary N) is 2. The molecule has 1 fully saturated rings. The molecule has 20 heavy (non-hydrogen) atoms. The van der Waals surface area contributed by atoms with Crippen molar-refractivity contribution in [3.63, 3.8) is 0 Å². The highest BCUT2D eigenvalue weighted by Gasteiger charge is 2.26. The Morgan fingerprint density at radius 3 is 2.30 bits per heavy atom. The number of piperidine rings is 1. The summed E-state index contributed by atoms with van der Waals surface area (Å²) in [5.41, 5.74) is 0. The number of urea groups is 1. The van der Waals surface area contributed by atoms with Gasteiger partial charge in [0.05, 0.1) is 12.5 Å². The number of hydrogen-bond acceptors (Lipinski definition) is 3. The Morgan fingerprint density at radius 2 is 1.80 bits per heavy atom. The van der Waals surface area contributed by atoms with Crippen LogP contribution < -0.4 is 10.6 Å². The van der Waals surface area contributed by atoms with E-state index < -0.39 is 5.97 Å². The second kappa shape index (κ2) is 7.72. The molecule has 3 N–H and O–H groups in total. The van der Waals surface area contributed by atoms with Crippen LogP contribution in [-0.4, -0.2) is 54.1 Å². The average Bonchev–Trinajstić information content (AvgIpc) is 2.42. The van der Waals surface area contributed by atoms with E-state index in [0.717, 1.165) is 0 Å². The van der Waals surface area contributed by atoms with Gasteiger partial charge in [0.15, 0.2) is 0 Å². The molecule has 0 aliphatic carbocycles. The molecule has 114 valence electrons. The van der Waals surface area contributed by atoms with Crippen LogP contribution in [0.4, 0.5) is 4.79 Å². The summed E-state index contributed by atoms with van der Waals surface area (Å²) >= 11 is 0. The van der Waals surface area contributed by atoms with Crippen LogP contribution in [0, 0.1) is 11.8 Å². The molecule has 0 radical (unpaired) electrons. The smallest absolute Gasteiger partial charge is 0.317 e. The summed E-state index contributed by atoms with van der Waals surface area (Å²) in [5, 5.41) is 14.1. The Hall–Kier alpha value is -1.79. The third kappa shape index (κ3) is 5.46. The molecule has 0 saturated carbocycles. The fourth-order valence-electron chi connectivity index (χ4n) is 1.98. The molecule has 0 aromatic rings. The van der Waals surface area contributed by atoms with Gasteiger partial charge in [-0.3, -0.25) is 9.59 Å². The quantitative estimate of drug-likeness (QED) is 0.675. The fourth-order valence-corrected chi connectivity index (χ4v) is 1.98. The Kier molecular flexibility index (Phi) is 6.27. The van der Waals surface area contributed by atoms with Crippen LogP contribution in [0.1, 0.15) is 26.7 Å². The maximum atomic E-state index is 11.8. The van der Waals surface area contributed by atoms with E-state index in [9.17, 15) is 14.4 Å². The Bertz CT molecular complexity index is 363. The van der Waals surface area contributed by atoms with Gasteiger partial charge in [-0.05, 0) is 18.8 Å². The number of carboxylic acid groups (broad SMARTS) is 1. The molecule has 7 heteroatoms. The topological polar surface area (TPSA) is 98.7 Å². The highest BCUT2D eigenvalue weighted by atomic mass is 16.4. The zero-order valence-corrected chi connectivity index (χ0v) is 12.0. The molecule has 1 aliphatic rings. The van der Waals surface area contributed by atoms with Crippen LogP contribution in [-0.2, 0) is 9.59 Å². The fraction of sp³-hybridized carbons (Fsp3) is 0.769. The monoisotopic (exact) mass is 285 g/mol. The molecule has 1 aliphatic heterocycles. The molecule has 1 heterocycles. The molecule has 1 rings (SSSR count). The highest BCUT2D eigenvalue weighted by molar-refractivity contribution is 5.84. The first kappa shape index (κ1) is 16.3. The lowest BCUT2D eigenvalue weighted by Crippen LogP contribution is -2.48. The number of carboxylic acids is 1. The molecule has 7 nitrogen and oxygen atoms in total. The SMILES string of the molecule is CC(C)CNC(=O)CNC(=O)N1CCC(C(=O)O)CC1. The minimum atomic E-state index is -0.807. The van der Waals surface area contributed by atoms with E-state index in [1.165, 1.54) is 0 Å². The molecule has 0 aromatic heterocycles. The number of aliphatic carboxylic acids is 1. The number of carbonyl (C=O) groups is 3. The van der Waals surface area contributed by atoms with E-state index in [1.54, 1.807) is 4.90 Å². The number of hydrogen-bond donors (Lipinski definition) is 3. The van der Waals surface area contributed by atoms with Crippen LogP contribution in [0.3, 0.4) is 0 Å². The number of likely N-dealkylation sites (tertiary alicyclic amines) is 1. The van der Waals surface area contributed by atoms with Crippen molar-refractivity contribution in [3.05, 3.63) is 0 Å². The Balaban J connectivity index is 2.23. The van der Waals surface area contributed by atoms with E-state index in [1.807, 2.05) is 13.8 Å². The summed E-state index contributed by atoms with van der Waals surface area (Å²) in [4.78, 5) is 35.6. The van der Waals surface area contributed by atoms with Gasteiger partial charge in [-0.2, -0.15) is 0 Å². The first-order valence-corrected chi connectivity index (χ1v) is 6.92. The predicted molar refractivity (Wildman–Crippen MR) is 73.2 cm³/mol. The second-order valence-corrected chi connectivity index (χ2v) is 5.46. The number of nitrogens with zero attached hydrogens (tertiary/aromatic N) is 1. The zero-order valence-electron chi connectivity index (χ0n) is 12.0. The largest absolute Gasteiger partial charge is 0.481 e. The summed E-state index contributed by atoms with van der Waals surface area (Å²) in [6, 6.07) is -0.312. The maximum absolute atomic E-state index is 11.8. The molecule has 0 aromatic carbocycles. The Morgan fingerprint density at radius 1 is 1.20 bits per heavy atom. The molecule has 1 saturated heterocycles. The number of carbonyl (C=O) groups excluding carboxylic acids is 2. The van der Waals surface area contributed by atoms with Crippen LogP contribution >= 0.6 is 0 Å². The highest BCUT2D eigenvalue weighted by Crippen LogP contribution is 2.16. The van der Waals surface area contributed by atoms with Crippen molar-refractivity contribution in [2.45, 2.75) is 26.7 Å². The lowest BCUT2D eigenvalue weighted by atomic mass is 9.97. The van der Waals surface area contributed by atoms with Gasteiger partial charge in [0.25, 0.3) is 0 Å². The van der Waals surface area contributed by atoms with E-state index in [0.29, 0.717) is 38.4 Å². The van der Waals surface area contributed by atoms with Gasteiger partial charge in [0.1, 0.15) is 0 Å². The van der Waals surface area contributed by atoms with Gasteiger partial charge in [-0.15, -0.1) is 0 Å². The van der Waals surface area contributed by atoms with Gasteiger partial charge < -0.3 is 20.6 Å². The zero-order chi connectivity index (χ0) is 15.1.